The van der Waals surface area contributed by atoms with Gasteiger partial charge in [-0.15, -0.1) is 0 Å². The molecular weight excluding hydrogens is 264 g/mol. The quantitative estimate of drug-likeness (QED) is 0.800. The maximum atomic E-state index is 5.10. The average Bonchev–Trinajstić information content (AvgIpc) is 2.87. The van der Waals surface area contributed by atoms with Crippen LogP contribution in [-0.4, -0.2) is 54.8 Å². The molecule has 1 heterocycles. The van der Waals surface area contributed by atoms with E-state index in [2.05, 4.69) is 39.9 Å². The molecule has 2 rings (SSSR count). The standard InChI is InChI=1S/C16H30N4O/c1-14-13-20(15-7-5-4-6-8-15)16(18-14)17-9-10-19(2)11-12-21-3/h13,15H,4-12H2,1-3H3,(H,17,18). The summed E-state index contributed by atoms with van der Waals surface area (Å²) in [5.41, 5.74) is 1.11. The van der Waals surface area contributed by atoms with Gasteiger partial charge in [-0.3, -0.25) is 0 Å². The van der Waals surface area contributed by atoms with Crippen LogP contribution in [0.25, 0.3) is 0 Å². The third kappa shape index (κ3) is 5.00. The first-order valence-electron chi connectivity index (χ1n) is 8.17. The van der Waals surface area contributed by atoms with Crippen LogP contribution in [0.4, 0.5) is 5.95 Å². The predicted molar refractivity (Wildman–Crippen MR) is 86.9 cm³/mol. The summed E-state index contributed by atoms with van der Waals surface area (Å²) in [7, 11) is 3.87. The van der Waals surface area contributed by atoms with E-state index in [-0.39, 0.29) is 0 Å². The second-order valence-corrected chi connectivity index (χ2v) is 6.13. The summed E-state index contributed by atoms with van der Waals surface area (Å²) in [6.45, 7) is 5.75. The highest BCUT2D eigenvalue weighted by Gasteiger charge is 2.18. The molecule has 5 nitrogen and oxygen atoms in total. The van der Waals surface area contributed by atoms with E-state index in [0.717, 1.165) is 37.9 Å². The minimum atomic E-state index is 0.633. The Morgan fingerprint density at radius 3 is 2.81 bits per heavy atom. The molecule has 1 saturated carbocycles. The minimum Gasteiger partial charge on any atom is -0.383 e. The van der Waals surface area contributed by atoms with Gasteiger partial charge in [0.25, 0.3) is 0 Å². The number of ether oxygens (including phenoxy) is 1. The highest BCUT2D eigenvalue weighted by molar-refractivity contribution is 5.29. The Hall–Kier alpha value is -1.07. The van der Waals surface area contributed by atoms with Crippen LogP contribution in [0.3, 0.4) is 0 Å². The average molecular weight is 294 g/mol. The van der Waals surface area contributed by atoms with Gasteiger partial charge in [-0.25, -0.2) is 4.98 Å². The van der Waals surface area contributed by atoms with Gasteiger partial charge in [0.15, 0.2) is 0 Å². The largest absolute Gasteiger partial charge is 0.383 e. The van der Waals surface area contributed by atoms with Gasteiger partial charge in [-0.05, 0) is 26.8 Å². The van der Waals surface area contributed by atoms with Crippen LogP contribution >= 0.6 is 0 Å². The molecule has 0 amide bonds. The van der Waals surface area contributed by atoms with Gasteiger partial charge in [0.05, 0.1) is 12.3 Å². The number of anilines is 1. The number of likely N-dealkylation sites (N-methyl/N-ethyl adjacent to an activating group) is 1. The highest BCUT2D eigenvalue weighted by atomic mass is 16.5. The van der Waals surface area contributed by atoms with Crippen molar-refractivity contribution in [3.8, 4) is 0 Å². The summed E-state index contributed by atoms with van der Waals surface area (Å²) in [4.78, 5) is 6.93. The number of imidazole rings is 1. The Labute approximate surface area is 128 Å². The number of aryl methyl sites for hydroxylation is 1. The normalized spacial score (nSPS) is 16.6. The van der Waals surface area contributed by atoms with Crippen LogP contribution in [0.15, 0.2) is 6.20 Å². The summed E-state index contributed by atoms with van der Waals surface area (Å²) in [6, 6.07) is 0.633. The smallest absolute Gasteiger partial charge is 0.203 e. The summed E-state index contributed by atoms with van der Waals surface area (Å²) in [5, 5.41) is 3.51. The maximum Gasteiger partial charge on any atom is 0.203 e. The van der Waals surface area contributed by atoms with Crippen LogP contribution in [0.5, 0.6) is 0 Å². The molecule has 5 heteroatoms. The second-order valence-electron chi connectivity index (χ2n) is 6.13. The lowest BCUT2D eigenvalue weighted by atomic mass is 9.95. The third-order valence-corrected chi connectivity index (χ3v) is 4.27. The zero-order chi connectivity index (χ0) is 15.1. The lowest BCUT2D eigenvalue weighted by Crippen LogP contribution is -2.29. The molecule has 1 N–H and O–H groups in total. The minimum absolute atomic E-state index is 0.633. The van der Waals surface area contributed by atoms with Gasteiger partial charge >= 0.3 is 0 Å². The third-order valence-electron chi connectivity index (χ3n) is 4.27. The molecule has 0 spiro atoms. The molecule has 0 aromatic carbocycles. The number of methoxy groups -OCH3 is 1. The Balaban J connectivity index is 1.85. The molecule has 1 aliphatic carbocycles. The van der Waals surface area contributed by atoms with Crippen LogP contribution in [0, 0.1) is 6.92 Å². The molecule has 0 radical (unpaired) electrons. The number of nitrogens with zero attached hydrogens (tertiary/aromatic N) is 3. The van der Waals surface area contributed by atoms with E-state index in [9.17, 15) is 0 Å². The van der Waals surface area contributed by atoms with E-state index in [4.69, 9.17) is 4.74 Å². The van der Waals surface area contributed by atoms with Crippen molar-refractivity contribution < 1.29 is 4.74 Å². The van der Waals surface area contributed by atoms with Crippen LogP contribution in [-0.2, 0) is 4.74 Å². The van der Waals surface area contributed by atoms with E-state index >= 15 is 0 Å². The van der Waals surface area contributed by atoms with Crippen molar-refractivity contribution in [2.24, 2.45) is 0 Å². The zero-order valence-electron chi connectivity index (χ0n) is 13.8. The van der Waals surface area contributed by atoms with E-state index in [1.807, 2.05) is 0 Å². The number of aromatic nitrogens is 2. The van der Waals surface area contributed by atoms with Crippen molar-refractivity contribution in [3.05, 3.63) is 11.9 Å². The molecule has 0 aliphatic heterocycles. The first kappa shape index (κ1) is 16.3. The Morgan fingerprint density at radius 2 is 2.10 bits per heavy atom. The van der Waals surface area contributed by atoms with Crippen LogP contribution in [0.1, 0.15) is 43.8 Å². The summed E-state index contributed by atoms with van der Waals surface area (Å²) < 4.78 is 7.47. The lowest BCUT2D eigenvalue weighted by molar-refractivity contribution is 0.163. The topological polar surface area (TPSA) is 42.3 Å². The van der Waals surface area contributed by atoms with Crippen molar-refractivity contribution in [1.29, 1.82) is 0 Å². The molecule has 1 aromatic heterocycles. The number of hydrogen-bond donors (Lipinski definition) is 1. The first-order chi connectivity index (χ1) is 10.2. The molecule has 120 valence electrons. The molecule has 0 unspecified atom stereocenters. The molecule has 1 fully saturated rings. The fraction of sp³-hybridized carbons (Fsp3) is 0.812. The molecule has 1 aromatic rings. The maximum absolute atomic E-state index is 5.10. The van der Waals surface area contributed by atoms with E-state index in [0.29, 0.717) is 6.04 Å². The first-order valence-corrected chi connectivity index (χ1v) is 8.17. The molecule has 1 aliphatic rings. The van der Waals surface area contributed by atoms with Gasteiger partial charge in [0.1, 0.15) is 0 Å². The van der Waals surface area contributed by atoms with Gasteiger partial charge in [-0.1, -0.05) is 19.3 Å². The fourth-order valence-corrected chi connectivity index (χ4v) is 3.00. The summed E-state index contributed by atoms with van der Waals surface area (Å²) >= 11 is 0. The fourth-order valence-electron chi connectivity index (χ4n) is 3.00. The number of rotatable bonds is 8. The lowest BCUT2D eigenvalue weighted by Gasteiger charge is -2.25. The van der Waals surface area contributed by atoms with Crippen molar-refractivity contribution in [2.75, 3.05) is 45.7 Å². The highest BCUT2D eigenvalue weighted by Crippen LogP contribution is 2.30. The summed E-state index contributed by atoms with van der Waals surface area (Å²) in [6.07, 6.45) is 8.86. The summed E-state index contributed by atoms with van der Waals surface area (Å²) in [5.74, 6) is 1.04. The van der Waals surface area contributed by atoms with Crippen LogP contribution < -0.4 is 5.32 Å². The van der Waals surface area contributed by atoms with Gasteiger partial charge in [0, 0.05) is 39.0 Å². The van der Waals surface area contributed by atoms with E-state index < -0.39 is 0 Å². The van der Waals surface area contributed by atoms with Gasteiger partial charge in [-0.2, -0.15) is 0 Å². The van der Waals surface area contributed by atoms with Crippen molar-refractivity contribution in [3.63, 3.8) is 0 Å². The Kier molecular flexibility index (Phi) is 6.51. The van der Waals surface area contributed by atoms with E-state index in [1.165, 1.54) is 32.1 Å². The second kappa shape index (κ2) is 8.39. The molecule has 0 bridgehead atoms. The molecule has 0 saturated heterocycles. The SMILES string of the molecule is COCCN(C)CCNc1nc(C)cn1C1CCCCC1. The van der Waals surface area contributed by atoms with Crippen LogP contribution in [0.2, 0.25) is 0 Å². The molecule has 0 atom stereocenters. The van der Waals surface area contributed by atoms with Crippen molar-refractivity contribution in [2.45, 2.75) is 45.1 Å². The van der Waals surface area contributed by atoms with Crippen molar-refractivity contribution >= 4 is 5.95 Å². The van der Waals surface area contributed by atoms with Gasteiger partial charge in [0.2, 0.25) is 5.95 Å². The Bertz CT molecular complexity index is 412. The van der Waals surface area contributed by atoms with Crippen molar-refractivity contribution in [1.82, 2.24) is 14.5 Å². The number of hydrogen-bond acceptors (Lipinski definition) is 4. The molecule has 21 heavy (non-hydrogen) atoms. The number of nitrogens with one attached hydrogen (secondary N) is 1. The van der Waals surface area contributed by atoms with E-state index in [1.54, 1.807) is 7.11 Å². The predicted octanol–water partition coefficient (Wildman–Crippen LogP) is 2.69. The molecular formula is C16H30N4O. The Morgan fingerprint density at radius 1 is 1.33 bits per heavy atom. The monoisotopic (exact) mass is 294 g/mol. The zero-order valence-corrected chi connectivity index (χ0v) is 13.8. The van der Waals surface area contributed by atoms with Gasteiger partial charge < -0.3 is 19.5 Å².